The van der Waals surface area contributed by atoms with Crippen LogP contribution < -0.4 is 10.1 Å². The van der Waals surface area contributed by atoms with Gasteiger partial charge in [0.25, 0.3) is 5.91 Å². The van der Waals surface area contributed by atoms with Crippen molar-refractivity contribution in [3.8, 4) is 5.75 Å². The fourth-order valence-corrected chi connectivity index (χ4v) is 2.10. The Morgan fingerprint density at radius 3 is 2.27 bits per heavy atom. The summed E-state index contributed by atoms with van der Waals surface area (Å²) in [5, 5.41) is 2.68. The second-order valence-corrected chi connectivity index (χ2v) is 5.49. The molecule has 0 aliphatic rings. The molecule has 0 aromatic heterocycles. The summed E-state index contributed by atoms with van der Waals surface area (Å²) in [5.41, 5.74) is 1.07. The number of hydrogen-bond acceptors (Lipinski definition) is 3. The molecule has 0 unspecified atom stereocenters. The lowest BCUT2D eigenvalue weighted by Crippen LogP contribution is -2.17. The first-order chi connectivity index (χ1) is 10.5. The van der Waals surface area contributed by atoms with Gasteiger partial charge in [-0.15, -0.1) is 0 Å². The normalized spacial score (nSPS) is 10.4. The quantitative estimate of drug-likeness (QED) is 0.664. The Balaban J connectivity index is 2.23. The van der Waals surface area contributed by atoms with Crippen LogP contribution in [0.4, 0.5) is 5.69 Å². The number of benzene rings is 2. The summed E-state index contributed by atoms with van der Waals surface area (Å²) in [6.07, 6.45) is 0. The molecule has 1 N–H and O–H groups in total. The number of methoxy groups -OCH3 is 1. The summed E-state index contributed by atoms with van der Waals surface area (Å²) in [6.45, 7) is 0. The molecule has 2 aromatic carbocycles. The number of carbonyl (C=O) groups is 2. The molecule has 0 aliphatic carbocycles. The molecule has 0 saturated carbocycles. The first kappa shape index (κ1) is 16.3. The number of halogens is 2. The van der Waals surface area contributed by atoms with Crippen LogP contribution in [0.15, 0.2) is 48.5 Å². The van der Waals surface area contributed by atoms with E-state index in [2.05, 4.69) is 5.32 Å². The van der Waals surface area contributed by atoms with Crippen LogP contribution in [0, 0.1) is 0 Å². The predicted octanol–water partition coefficient (Wildman–Crippen LogP) is 3.93. The van der Waals surface area contributed by atoms with E-state index < -0.39 is 10.6 Å². The zero-order valence-corrected chi connectivity index (χ0v) is 13.2. The van der Waals surface area contributed by atoms with E-state index in [4.69, 9.17) is 27.9 Å². The van der Waals surface area contributed by atoms with Crippen LogP contribution in [-0.2, 0) is 0 Å². The van der Waals surface area contributed by atoms with Crippen molar-refractivity contribution in [2.75, 3.05) is 12.4 Å². The second kappa shape index (κ2) is 7.29. The summed E-state index contributed by atoms with van der Waals surface area (Å²) >= 11 is 11.2. The highest BCUT2D eigenvalue weighted by Crippen LogP contribution is 2.21. The Morgan fingerprint density at radius 1 is 1.05 bits per heavy atom. The third-order valence-electron chi connectivity index (χ3n) is 2.99. The molecule has 2 rings (SSSR count). The van der Waals surface area contributed by atoms with Crippen molar-refractivity contribution in [3.63, 3.8) is 0 Å². The molecule has 0 radical (unpaired) electrons. The van der Waals surface area contributed by atoms with Crippen LogP contribution in [0.1, 0.15) is 20.7 Å². The van der Waals surface area contributed by atoms with Crippen molar-refractivity contribution in [3.05, 3.63) is 59.7 Å². The van der Waals surface area contributed by atoms with E-state index in [0.717, 1.165) is 0 Å². The Morgan fingerprint density at radius 2 is 1.68 bits per heavy atom. The standard InChI is InChI=1S/C16H13Cl2NO3/c1-22-11-8-6-10(7-9-11)16(21)19-13-5-3-2-4-12(13)14(20)15(17)18/h2-9,15H,1H3,(H,19,21). The fourth-order valence-electron chi connectivity index (χ4n) is 1.86. The molecule has 0 fully saturated rings. The van der Waals surface area contributed by atoms with E-state index in [-0.39, 0.29) is 11.5 Å². The molecule has 4 nitrogen and oxygen atoms in total. The number of alkyl halides is 2. The smallest absolute Gasteiger partial charge is 0.255 e. The van der Waals surface area contributed by atoms with Gasteiger partial charge in [-0.2, -0.15) is 0 Å². The number of ether oxygens (including phenoxy) is 1. The summed E-state index contributed by atoms with van der Waals surface area (Å²) < 4.78 is 5.04. The summed E-state index contributed by atoms with van der Waals surface area (Å²) in [5.74, 6) is -0.156. The molecule has 114 valence electrons. The summed E-state index contributed by atoms with van der Waals surface area (Å²) in [6, 6.07) is 13.2. The van der Waals surface area contributed by atoms with Crippen LogP contribution >= 0.6 is 23.2 Å². The molecule has 22 heavy (non-hydrogen) atoms. The zero-order chi connectivity index (χ0) is 16.1. The lowest BCUT2D eigenvalue weighted by molar-refractivity contribution is 0.101. The first-order valence-electron chi connectivity index (χ1n) is 6.39. The summed E-state index contributed by atoms with van der Waals surface area (Å²) in [7, 11) is 1.55. The average molecular weight is 338 g/mol. The number of amides is 1. The second-order valence-electron chi connectivity index (χ2n) is 4.39. The Labute approximate surface area is 138 Å². The van der Waals surface area contributed by atoms with E-state index in [1.165, 1.54) is 0 Å². The summed E-state index contributed by atoms with van der Waals surface area (Å²) in [4.78, 5) is 23.0. The van der Waals surface area contributed by atoms with Gasteiger partial charge in [0.05, 0.1) is 12.8 Å². The van der Waals surface area contributed by atoms with Crippen molar-refractivity contribution < 1.29 is 14.3 Å². The molecule has 6 heteroatoms. The van der Waals surface area contributed by atoms with Crippen LogP contribution in [-0.4, -0.2) is 23.6 Å². The molecule has 0 aliphatic heterocycles. The number of para-hydroxylation sites is 1. The van der Waals surface area contributed by atoms with Crippen molar-refractivity contribution in [2.24, 2.45) is 0 Å². The predicted molar refractivity (Wildman–Crippen MR) is 87.2 cm³/mol. The van der Waals surface area contributed by atoms with Gasteiger partial charge in [0.1, 0.15) is 5.75 Å². The van der Waals surface area contributed by atoms with Gasteiger partial charge in [-0.3, -0.25) is 9.59 Å². The number of Topliss-reactive ketones (excluding diaryl/α,β-unsaturated/α-hetero) is 1. The highest BCUT2D eigenvalue weighted by molar-refractivity contribution is 6.55. The largest absolute Gasteiger partial charge is 0.497 e. The van der Waals surface area contributed by atoms with E-state index in [1.807, 2.05) is 0 Å². The number of rotatable bonds is 5. The minimum Gasteiger partial charge on any atom is -0.497 e. The minimum absolute atomic E-state index is 0.263. The minimum atomic E-state index is -1.18. The molecular weight excluding hydrogens is 325 g/mol. The molecule has 0 saturated heterocycles. The van der Waals surface area contributed by atoms with E-state index in [0.29, 0.717) is 17.0 Å². The van der Waals surface area contributed by atoms with Crippen molar-refractivity contribution in [1.29, 1.82) is 0 Å². The number of anilines is 1. The van der Waals surface area contributed by atoms with Gasteiger partial charge in [-0.05, 0) is 36.4 Å². The lowest BCUT2D eigenvalue weighted by atomic mass is 10.1. The van der Waals surface area contributed by atoms with Crippen LogP contribution in [0.5, 0.6) is 5.75 Å². The first-order valence-corrected chi connectivity index (χ1v) is 7.27. The maximum absolute atomic E-state index is 12.2. The monoisotopic (exact) mass is 337 g/mol. The van der Waals surface area contributed by atoms with Gasteiger partial charge in [0, 0.05) is 11.1 Å². The molecule has 0 atom stereocenters. The van der Waals surface area contributed by atoms with Crippen LogP contribution in [0.3, 0.4) is 0 Å². The zero-order valence-electron chi connectivity index (χ0n) is 11.7. The molecular formula is C16H13Cl2NO3. The SMILES string of the molecule is COc1ccc(C(=O)Nc2ccccc2C(=O)C(Cl)Cl)cc1. The number of nitrogens with one attached hydrogen (secondary N) is 1. The molecule has 0 bridgehead atoms. The topological polar surface area (TPSA) is 55.4 Å². The fraction of sp³-hybridized carbons (Fsp3) is 0.125. The molecule has 1 amide bonds. The average Bonchev–Trinajstić information content (AvgIpc) is 2.54. The van der Waals surface area contributed by atoms with Crippen molar-refractivity contribution >= 4 is 40.6 Å². The Hall–Kier alpha value is -2.04. The van der Waals surface area contributed by atoms with Gasteiger partial charge in [-0.25, -0.2) is 0 Å². The molecule has 0 spiro atoms. The van der Waals surface area contributed by atoms with Gasteiger partial charge in [0.2, 0.25) is 0 Å². The number of hydrogen-bond donors (Lipinski definition) is 1. The van der Waals surface area contributed by atoms with Crippen molar-refractivity contribution in [2.45, 2.75) is 4.84 Å². The van der Waals surface area contributed by atoms with Gasteiger partial charge in [0.15, 0.2) is 10.6 Å². The third kappa shape index (κ3) is 3.78. The molecule has 2 aromatic rings. The van der Waals surface area contributed by atoms with Crippen LogP contribution in [0.2, 0.25) is 0 Å². The Kier molecular flexibility index (Phi) is 5.41. The highest BCUT2D eigenvalue weighted by atomic mass is 35.5. The third-order valence-corrected chi connectivity index (χ3v) is 3.39. The van der Waals surface area contributed by atoms with E-state index in [9.17, 15) is 9.59 Å². The van der Waals surface area contributed by atoms with Crippen molar-refractivity contribution in [1.82, 2.24) is 0 Å². The highest BCUT2D eigenvalue weighted by Gasteiger charge is 2.19. The van der Waals surface area contributed by atoms with Gasteiger partial charge >= 0.3 is 0 Å². The Bertz CT molecular complexity index is 684. The maximum atomic E-state index is 12.2. The van der Waals surface area contributed by atoms with E-state index >= 15 is 0 Å². The van der Waals surface area contributed by atoms with E-state index in [1.54, 1.807) is 55.6 Å². The van der Waals surface area contributed by atoms with Gasteiger partial charge < -0.3 is 10.1 Å². The lowest BCUT2D eigenvalue weighted by Gasteiger charge is -2.11. The number of ketones is 1. The molecule has 0 heterocycles. The van der Waals surface area contributed by atoms with Crippen LogP contribution in [0.25, 0.3) is 0 Å². The number of carbonyl (C=O) groups excluding carboxylic acids is 2. The maximum Gasteiger partial charge on any atom is 0.255 e. The van der Waals surface area contributed by atoms with Gasteiger partial charge in [-0.1, -0.05) is 35.3 Å².